The number of hydrogen-bond donors (Lipinski definition) is 1. The topological polar surface area (TPSA) is 56.8 Å². The number of methoxy groups -OCH3 is 2. The Morgan fingerprint density at radius 2 is 1.69 bits per heavy atom. The van der Waals surface area contributed by atoms with Crippen LogP contribution in [0.25, 0.3) is 0 Å². The molecule has 0 aliphatic rings. The van der Waals surface area contributed by atoms with Crippen molar-refractivity contribution >= 4 is 5.91 Å². The second-order valence-corrected chi connectivity index (χ2v) is 5.49. The molecule has 0 saturated heterocycles. The Bertz CT molecular complexity index is 720. The molecule has 140 valence electrons. The Hall–Kier alpha value is -2.83. The van der Waals surface area contributed by atoms with Crippen molar-refractivity contribution < 1.29 is 27.8 Å². The van der Waals surface area contributed by atoms with Gasteiger partial charge in [0.1, 0.15) is 5.75 Å². The van der Waals surface area contributed by atoms with Crippen LogP contribution in [0, 0.1) is 0 Å². The third-order valence-corrected chi connectivity index (χ3v) is 3.70. The Morgan fingerprint density at radius 1 is 1.00 bits per heavy atom. The van der Waals surface area contributed by atoms with Crippen molar-refractivity contribution in [2.45, 2.75) is 19.5 Å². The first-order valence-electron chi connectivity index (χ1n) is 8.03. The van der Waals surface area contributed by atoms with E-state index in [2.05, 4.69) is 10.1 Å². The maximum Gasteiger partial charge on any atom is 0.387 e. The summed E-state index contributed by atoms with van der Waals surface area (Å²) in [6.07, 6.45) is 0.814. The largest absolute Gasteiger partial charge is 0.497 e. The van der Waals surface area contributed by atoms with Crippen LogP contribution < -0.4 is 19.5 Å². The Kier molecular flexibility index (Phi) is 7.20. The van der Waals surface area contributed by atoms with Crippen molar-refractivity contribution in [3.63, 3.8) is 0 Å². The predicted octanol–water partition coefficient (Wildman–Crippen LogP) is 3.21. The van der Waals surface area contributed by atoms with E-state index >= 15 is 0 Å². The van der Waals surface area contributed by atoms with Crippen LogP contribution in [-0.4, -0.2) is 33.3 Å². The molecule has 0 aliphatic heterocycles. The molecule has 2 aromatic rings. The highest BCUT2D eigenvalue weighted by atomic mass is 19.3. The van der Waals surface area contributed by atoms with Crippen LogP contribution in [0.15, 0.2) is 42.5 Å². The van der Waals surface area contributed by atoms with E-state index in [-0.39, 0.29) is 23.8 Å². The first-order valence-corrected chi connectivity index (χ1v) is 8.03. The molecule has 0 unspecified atom stereocenters. The summed E-state index contributed by atoms with van der Waals surface area (Å²) in [5.74, 6) is 0.851. The fourth-order valence-corrected chi connectivity index (χ4v) is 2.40. The summed E-state index contributed by atoms with van der Waals surface area (Å²) in [7, 11) is 2.97. The van der Waals surface area contributed by atoms with E-state index in [1.165, 1.54) is 13.2 Å². The van der Waals surface area contributed by atoms with E-state index in [4.69, 9.17) is 9.47 Å². The molecule has 0 fully saturated rings. The van der Waals surface area contributed by atoms with Gasteiger partial charge in [0.25, 0.3) is 0 Å². The summed E-state index contributed by atoms with van der Waals surface area (Å²) < 4.78 is 39.1. The molecule has 0 spiro atoms. The molecule has 0 saturated carbocycles. The molecule has 0 aromatic heterocycles. The molecule has 7 heteroatoms. The van der Waals surface area contributed by atoms with Crippen LogP contribution in [-0.2, 0) is 17.6 Å². The lowest BCUT2D eigenvalue weighted by Crippen LogP contribution is -2.27. The molecular weight excluding hydrogens is 344 g/mol. The molecule has 5 nitrogen and oxygen atoms in total. The number of alkyl halides is 2. The van der Waals surface area contributed by atoms with Crippen molar-refractivity contribution in [2.24, 2.45) is 0 Å². The smallest absolute Gasteiger partial charge is 0.387 e. The van der Waals surface area contributed by atoms with Gasteiger partial charge in [0.05, 0.1) is 20.6 Å². The molecule has 0 heterocycles. The first-order chi connectivity index (χ1) is 12.5. The highest BCUT2D eigenvalue weighted by molar-refractivity contribution is 5.78. The van der Waals surface area contributed by atoms with E-state index in [0.29, 0.717) is 13.0 Å². The zero-order valence-electron chi connectivity index (χ0n) is 14.6. The number of halogens is 2. The molecule has 1 N–H and O–H groups in total. The van der Waals surface area contributed by atoms with Crippen molar-refractivity contribution in [2.75, 3.05) is 20.8 Å². The molecule has 2 aromatic carbocycles. The predicted molar refractivity (Wildman–Crippen MR) is 93.0 cm³/mol. The summed E-state index contributed by atoms with van der Waals surface area (Å²) in [5.41, 5.74) is 1.73. The monoisotopic (exact) mass is 365 g/mol. The second-order valence-electron chi connectivity index (χ2n) is 5.49. The third-order valence-electron chi connectivity index (χ3n) is 3.70. The maximum atomic E-state index is 12.3. The molecule has 26 heavy (non-hydrogen) atoms. The second kappa shape index (κ2) is 9.60. The number of ether oxygens (including phenoxy) is 3. The van der Waals surface area contributed by atoms with Gasteiger partial charge in [0.15, 0.2) is 11.5 Å². The Morgan fingerprint density at radius 3 is 2.31 bits per heavy atom. The van der Waals surface area contributed by atoms with Gasteiger partial charge in [0, 0.05) is 6.54 Å². The van der Waals surface area contributed by atoms with Crippen LogP contribution in [0.1, 0.15) is 11.1 Å². The SMILES string of the molecule is COc1ccc(CC(=O)NCCc2ccc(OC(F)F)c(OC)c2)cc1. The van der Waals surface area contributed by atoms with Gasteiger partial charge in [-0.3, -0.25) is 4.79 Å². The summed E-state index contributed by atoms with van der Waals surface area (Å²) >= 11 is 0. The van der Waals surface area contributed by atoms with E-state index in [0.717, 1.165) is 16.9 Å². The molecule has 0 atom stereocenters. The van der Waals surface area contributed by atoms with Crippen molar-refractivity contribution in [1.29, 1.82) is 0 Å². The van der Waals surface area contributed by atoms with Gasteiger partial charge >= 0.3 is 6.61 Å². The fraction of sp³-hybridized carbons (Fsp3) is 0.316. The van der Waals surface area contributed by atoms with Crippen LogP contribution in [0.5, 0.6) is 17.2 Å². The zero-order valence-corrected chi connectivity index (χ0v) is 14.6. The van der Waals surface area contributed by atoms with Crippen LogP contribution in [0.4, 0.5) is 8.78 Å². The van der Waals surface area contributed by atoms with Crippen molar-refractivity contribution in [3.8, 4) is 17.2 Å². The van der Waals surface area contributed by atoms with Gasteiger partial charge in [0.2, 0.25) is 5.91 Å². The number of carbonyl (C=O) groups is 1. The van der Waals surface area contributed by atoms with Crippen LogP contribution in [0.3, 0.4) is 0 Å². The molecule has 0 radical (unpaired) electrons. The molecule has 1 amide bonds. The van der Waals surface area contributed by atoms with E-state index in [1.807, 2.05) is 12.1 Å². The minimum atomic E-state index is -2.91. The van der Waals surface area contributed by atoms with E-state index < -0.39 is 6.61 Å². The lowest BCUT2D eigenvalue weighted by Gasteiger charge is -2.12. The fourth-order valence-electron chi connectivity index (χ4n) is 2.40. The summed E-state index contributed by atoms with van der Waals surface area (Å²) in [5, 5.41) is 2.83. The van der Waals surface area contributed by atoms with Gasteiger partial charge in [-0.2, -0.15) is 8.78 Å². The van der Waals surface area contributed by atoms with E-state index in [1.54, 1.807) is 31.4 Å². The minimum absolute atomic E-state index is 0.0187. The summed E-state index contributed by atoms with van der Waals surface area (Å²) in [4.78, 5) is 12.0. The van der Waals surface area contributed by atoms with E-state index in [9.17, 15) is 13.6 Å². The number of carbonyl (C=O) groups excluding carboxylic acids is 1. The molecule has 0 aliphatic carbocycles. The van der Waals surface area contributed by atoms with Crippen LogP contribution in [0.2, 0.25) is 0 Å². The lowest BCUT2D eigenvalue weighted by molar-refractivity contribution is -0.120. The normalized spacial score (nSPS) is 10.5. The van der Waals surface area contributed by atoms with Gasteiger partial charge in [-0.1, -0.05) is 18.2 Å². The average molecular weight is 365 g/mol. The quantitative estimate of drug-likeness (QED) is 0.741. The third kappa shape index (κ3) is 5.91. The standard InChI is InChI=1S/C19H21F2NO4/c1-24-15-6-3-13(4-7-15)12-18(23)22-10-9-14-5-8-16(26-19(20)21)17(11-14)25-2/h3-8,11,19H,9-10,12H2,1-2H3,(H,22,23). The first kappa shape index (κ1) is 19.5. The Balaban J connectivity index is 1.83. The average Bonchev–Trinajstić information content (AvgIpc) is 2.63. The molecular formula is C19H21F2NO4. The molecule has 0 bridgehead atoms. The van der Waals surface area contributed by atoms with Crippen LogP contribution >= 0.6 is 0 Å². The highest BCUT2D eigenvalue weighted by Gasteiger charge is 2.11. The Labute approximate surface area is 150 Å². The number of hydrogen-bond acceptors (Lipinski definition) is 4. The number of nitrogens with one attached hydrogen (secondary N) is 1. The maximum absolute atomic E-state index is 12.3. The zero-order chi connectivity index (χ0) is 18.9. The highest BCUT2D eigenvalue weighted by Crippen LogP contribution is 2.29. The number of benzene rings is 2. The number of rotatable bonds is 9. The minimum Gasteiger partial charge on any atom is -0.497 e. The van der Waals surface area contributed by atoms with Gasteiger partial charge in [-0.25, -0.2) is 0 Å². The van der Waals surface area contributed by atoms with Gasteiger partial charge in [-0.05, 0) is 41.8 Å². The van der Waals surface area contributed by atoms with Crippen molar-refractivity contribution in [3.05, 3.63) is 53.6 Å². The molecule has 2 rings (SSSR count). The summed E-state index contributed by atoms with van der Waals surface area (Å²) in [6, 6.07) is 12.0. The van der Waals surface area contributed by atoms with Gasteiger partial charge < -0.3 is 19.5 Å². The van der Waals surface area contributed by atoms with Crippen molar-refractivity contribution in [1.82, 2.24) is 5.32 Å². The number of amides is 1. The lowest BCUT2D eigenvalue weighted by atomic mass is 10.1. The summed E-state index contributed by atoms with van der Waals surface area (Å²) in [6.45, 7) is -2.49. The van der Waals surface area contributed by atoms with Gasteiger partial charge in [-0.15, -0.1) is 0 Å².